The monoisotopic (exact) mass is 425 g/mol. The Morgan fingerprint density at radius 2 is 1.61 bits per heavy atom. The first-order chi connectivity index (χ1) is 14.8. The number of rotatable bonds is 5. The van der Waals surface area contributed by atoms with E-state index in [4.69, 9.17) is 9.47 Å². The maximum Gasteiger partial charge on any atom is 0.336 e. The van der Waals surface area contributed by atoms with Crippen molar-refractivity contribution in [1.82, 2.24) is 10.2 Å². The first kappa shape index (κ1) is 21.8. The van der Waals surface area contributed by atoms with Crippen molar-refractivity contribution in [3.63, 3.8) is 0 Å². The largest absolute Gasteiger partial charge is 0.466 e. The molecule has 0 fully saturated rings. The number of para-hydroxylation sites is 1. The van der Waals surface area contributed by atoms with Gasteiger partial charge in [-0.25, -0.2) is 9.59 Å². The highest BCUT2D eigenvalue weighted by Crippen LogP contribution is 2.45. The van der Waals surface area contributed by atoms with Crippen LogP contribution in [0.3, 0.4) is 0 Å². The zero-order chi connectivity index (χ0) is 22.7. The van der Waals surface area contributed by atoms with E-state index in [1.54, 1.807) is 31.0 Å². The number of nitrogens with one attached hydrogen (secondary N) is 1. The number of hydrogen-bond donors (Lipinski definition) is 1. The van der Waals surface area contributed by atoms with Gasteiger partial charge in [-0.2, -0.15) is 0 Å². The highest BCUT2D eigenvalue weighted by molar-refractivity contribution is 6.00. The molecule has 1 atom stereocenters. The molecule has 0 spiro atoms. The average Bonchev–Trinajstić information content (AvgIpc) is 2.78. The van der Waals surface area contributed by atoms with E-state index >= 15 is 0 Å². The number of carbonyl (C=O) groups excluding carboxylic acids is 2. The Bertz CT molecular complexity index is 1010. The fourth-order valence-electron chi connectivity index (χ4n) is 4.05. The summed E-state index contributed by atoms with van der Waals surface area (Å²) in [4.78, 5) is 38.8. The van der Waals surface area contributed by atoms with Crippen LogP contribution in [-0.4, -0.2) is 42.1 Å². The van der Waals surface area contributed by atoms with Gasteiger partial charge in [-0.1, -0.05) is 24.3 Å². The topological polar surface area (TPSA) is 111 Å². The van der Waals surface area contributed by atoms with Crippen molar-refractivity contribution in [1.29, 1.82) is 0 Å². The highest BCUT2D eigenvalue weighted by atomic mass is 16.6. The minimum absolute atomic E-state index is 0.132. The van der Waals surface area contributed by atoms with Crippen LogP contribution in [0.2, 0.25) is 0 Å². The molecule has 1 aromatic rings. The number of allylic oxidation sites excluding steroid dienone is 4. The van der Waals surface area contributed by atoms with Crippen molar-refractivity contribution >= 4 is 17.6 Å². The molecule has 3 rings (SSSR count). The maximum atomic E-state index is 12.9. The molecule has 9 nitrogen and oxygen atoms in total. The smallest absolute Gasteiger partial charge is 0.336 e. The Morgan fingerprint density at radius 3 is 2.10 bits per heavy atom. The molecule has 162 valence electrons. The van der Waals surface area contributed by atoms with Crippen LogP contribution in [0.25, 0.3) is 0 Å². The fraction of sp³-hybridized carbons (Fsp3) is 0.273. The number of dihydropyridines is 1. The summed E-state index contributed by atoms with van der Waals surface area (Å²) in [7, 11) is 2.46. The number of nitro groups is 1. The first-order valence-electron chi connectivity index (χ1n) is 9.53. The van der Waals surface area contributed by atoms with E-state index in [2.05, 4.69) is 5.32 Å². The highest BCUT2D eigenvalue weighted by Gasteiger charge is 2.43. The van der Waals surface area contributed by atoms with Crippen molar-refractivity contribution in [2.75, 3.05) is 14.2 Å². The van der Waals surface area contributed by atoms with Gasteiger partial charge in [0.05, 0.1) is 36.2 Å². The fourth-order valence-corrected chi connectivity index (χ4v) is 4.05. The SMILES string of the molecule is COC(=O)C1=C(C)N(C2C=CC=CN2)C(C)=C(C(=O)OC)C1c1ccccc1[N+](=O)[O-]. The molecule has 2 aliphatic heterocycles. The number of nitrogens with zero attached hydrogens (tertiary/aromatic N) is 2. The third-order valence-electron chi connectivity index (χ3n) is 5.38. The van der Waals surface area contributed by atoms with Crippen LogP contribution in [0.1, 0.15) is 25.3 Å². The van der Waals surface area contributed by atoms with E-state index in [0.29, 0.717) is 11.4 Å². The molecule has 0 saturated carbocycles. The van der Waals surface area contributed by atoms with Crippen LogP contribution < -0.4 is 5.32 Å². The van der Waals surface area contributed by atoms with E-state index in [1.807, 2.05) is 18.2 Å². The van der Waals surface area contributed by atoms with Gasteiger partial charge in [-0.05, 0) is 32.2 Å². The summed E-state index contributed by atoms with van der Waals surface area (Å²) in [6.45, 7) is 3.44. The second-order valence-corrected chi connectivity index (χ2v) is 6.96. The molecule has 1 N–H and O–H groups in total. The summed E-state index contributed by atoms with van der Waals surface area (Å²) in [5.41, 5.74) is 1.29. The molecule has 9 heteroatoms. The Morgan fingerprint density at radius 1 is 1.03 bits per heavy atom. The van der Waals surface area contributed by atoms with E-state index < -0.39 is 22.8 Å². The lowest BCUT2D eigenvalue weighted by Gasteiger charge is -2.41. The van der Waals surface area contributed by atoms with Crippen LogP contribution in [-0.2, 0) is 19.1 Å². The molecule has 1 unspecified atom stereocenters. The number of ether oxygens (including phenoxy) is 2. The van der Waals surface area contributed by atoms with Gasteiger partial charge in [0, 0.05) is 23.0 Å². The third-order valence-corrected chi connectivity index (χ3v) is 5.38. The maximum absolute atomic E-state index is 12.9. The molecule has 0 aliphatic carbocycles. The number of nitro benzene ring substituents is 1. The molecular weight excluding hydrogens is 402 g/mol. The number of carbonyl (C=O) groups is 2. The van der Waals surface area contributed by atoms with Gasteiger partial charge in [-0.15, -0.1) is 0 Å². The van der Waals surface area contributed by atoms with Crippen molar-refractivity contribution in [2.24, 2.45) is 0 Å². The number of esters is 2. The second-order valence-electron chi connectivity index (χ2n) is 6.96. The zero-order valence-electron chi connectivity index (χ0n) is 17.6. The lowest BCUT2D eigenvalue weighted by molar-refractivity contribution is -0.385. The van der Waals surface area contributed by atoms with Crippen molar-refractivity contribution in [3.8, 4) is 0 Å². The van der Waals surface area contributed by atoms with E-state index in [-0.39, 0.29) is 28.6 Å². The summed E-state index contributed by atoms with van der Waals surface area (Å²) < 4.78 is 10.0. The van der Waals surface area contributed by atoms with Crippen molar-refractivity contribution in [2.45, 2.75) is 25.9 Å². The second kappa shape index (κ2) is 8.86. The summed E-state index contributed by atoms with van der Waals surface area (Å²) >= 11 is 0. The minimum atomic E-state index is -1.03. The molecule has 0 aromatic heterocycles. The standard InChI is InChI=1S/C22H23N3O6/c1-13-18(21(26)30-3)20(15-9-5-6-10-16(15)25(28)29)19(22(27)31-4)14(2)24(13)17-11-7-8-12-23-17/h5-12,17,20,23H,1-4H3. The summed E-state index contributed by atoms with van der Waals surface area (Å²) in [6, 6.07) is 6.03. The summed E-state index contributed by atoms with van der Waals surface area (Å²) in [5, 5.41) is 14.9. The van der Waals surface area contributed by atoms with Crippen molar-refractivity contribution < 1.29 is 24.0 Å². The predicted octanol–water partition coefficient (Wildman–Crippen LogP) is 2.89. The number of hydrogen-bond acceptors (Lipinski definition) is 8. The van der Waals surface area contributed by atoms with Gasteiger partial charge in [0.1, 0.15) is 6.17 Å². The quantitative estimate of drug-likeness (QED) is 0.436. The summed E-state index contributed by atoms with van der Waals surface area (Å²) in [6.07, 6.45) is 6.88. The Balaban J connectivity index is 2.34. The number of benzene rings is 1. The van der Waals surface area contributed by atoms with E-state index in [1.165, 1.54) is 32.4 Å². The minimum Gasteiger partial charge on any atom is -0.466 e. The van der Waals surface area contributed by atoms with Gasteiger partial charge in [-0.3, -0.25) is 10.1 Å². The van der Waals surface area contributed by atoms with Crippen LogP contribution in [0.4, 0.5) is 5.69 Å². The third kappa shape index (κ3) is 3.81. The van der Waals surface area contributed by atoms with Crippen LogP contribution in [0.5, 0.6) is 0 Å². The van der Waals surface area contributed by atoms with Gasteiger partial charge >= 0.3 is 11.9 Å². The molecular formula is C22H23N3O6. The molecule has 2 heterocycles. The Kier molecular flexibility index (Phi) is 6.24. The van der Waals surface area contributed by atoms with Gasteiger partial charge in [0.25, 0.3) is 5.69 Å². The normalized spacial score (nSPS) is 18.7. The molecule has 0 amide bonds. The molecule has 0 bridgehead atoms. The predicted molar refractivity (Wildman–Crippen MR) is 112 cm³/mol. The first-order valence-corrected chi connectivity index (χ1v) is 9.53. The Labute approximate surface area is 179 Å². The molecule has 0 saturated heterocycles. The molecule has 0 radical (unpaired) electrons. The van der Waals surface area contributed by atoms with E-state index in [0.717, 1.165) is 0 Å². The van der Waals surface area contributed by atoms with Crippen LogP contribution in [0, 0.1) is 10.1 Å². The van der Waals surface area contributed by atoms with Crippen LogP contribution in [0.15, 0.2) is 71.2 Å². The molecule has 31 heavy (non-hydrogen) atoms. The lowest BCUT2D eigenvalue weighted by atomic mass is 9.79. The van der Waals surface area contributed by atoms with Gasteiger partial charge in [0.2, 0.25) is 0 Å². The summed E-state index contributed by atoms with van der Waals surface area (Å²) in [5.74, 6) is -2.40. The van der Waals surface area contributed by atoms with Gasteiger partial charge in [0.15, 0.2) is 0 Å². The lowest BCUT2D eigenvalue weighted by Crippen LogP contribution is -2.45. The zero-order valence-corrected chi connectivity index (χ0v) is 17.6. The van der Waals surface area contributed by atoms with Crippen LogP contribution >= 0.6 is 0 Å². The Hall–Kier alpha value is -3.88. The average molecular weight is 425 g/mol. The molecule has 1 aromatic carbocycles. The van der Waals surface area contributed by atoms with E-state index in [9.17, 15) is 19.7 Å². The van der Waals surface area contributed by atoms with Crippen molar-refractivity contribution in [3.05, 3.63) is 86.9 Å². The molecule has 2 aliphatic rings. The van der Waals surface area contributed by atoms with Gasteiger partial charge < -0.3 is 19.7 Å². The number of methoxy groups -OCH3 is 2.